The highest BCUT2D eigenvalue weighted by molar-refractivity contribution is 5.85. The van der Waals surface area contributed by atoms with E-state index in [0.29, 0.717) is 0 Å². The summed E-state index contributed by atoms with van der Waals surface area (Å²) >= 11 is 0. The number of nitrogens with zero attached hydrogens (tertiary/aromatic N) is 1. The number of aromatic amines is 1. The number of hydrogen-bond donors (Lipinski definition) is 1. The van der Waals surface area contributed by atoms with Gasteiger partial charge in [-0.2, -0.15) is 4.68 Å². The number of hydrogen-bond acceptors (Lipinski definition) is 2. The van der Waals surface area contributed by atoms with Crippen LogP contribution in [-0.4, -0.2) is 15.7 Å². The van der Waals surface area contributed by atoms with E-state index in [1.54, 1.807) is 0 Å². The van der Waals surface area contributed by atoms with Crippen molar-refractivity contribution < 1.29 is 4.79 Å². The predicted molar refractivity (Wildman–Crippen MR) is 102 cm³/mol. The Morgan fingerprint density at radius 1 is 0.960 bits per heavy atom. The molecule has 1 atom stereocenters. The van der Waals surface area contributed by atoms with E-state index < -0.39 is 0 Å². The summed E-state index contributed by atoms with van der Waals surface area (Å²) in [7, 11) is 0. The lowest BCUT2D eigenvalue weighted by molar-refractivity contribution is 0.0850. The number of unbranched alkanes of at least 4 members (excludes halogenated alkanes) is 7. The highest BCUT2D eigenvalue weighted by Crippen LogP contribution is 2.24. The third kappa shape index (κ3) is 6.04. The largest absolute Gasteiger partial charge is 0.296 e. The summed E-state index contributed by atoms with van der Waals surface area (Å²) in [5, 5.41) is 2.74. The van der Waals surface area contributed by atoms with Gasteiger partial charge in [-0.3, -0.25) is 14.7 Å². The van der Waals surface area contributed by atoms with Crippen molar-refractivity contribution in [2.45, 2.75) is 70.6 Å². The molecular formula is C21H30N2O2. The second-order valence-electron chi connectivity index (χ2n) is 6.70. The number of aromatic nitrogens is 2. The molecule has 4 nitrogen and oxygen atoms in total. The van der Waals surface area contributed by atoms with Crippen LogP contribution in [0.2, 0.25) is 0 Å². The lowest BCUT2D eigenvalue weighted by atomic mass is 9.92. The lowest BCUT2D eigenvalue weighted by Crippen LogP contribution is -2.29. The van der Waals surface area contributed by atoms with Gasteiger partial charge in [0.25, 0.3) is 11.5 Å². The molecule has 1 unspecified atom stereocenters. The number of rotatable bonds is 11. The topological polar surface area (TPSA) is 54.9 Å². The van der Waals surface area contributed by atoms with Gasteiger partial charge in [-0.15, -0.1) is 0 Å². The standard InChI is InChI=1S/C21H30N2O2/c1-2-3-4-5-6-7-8-12-15-19(18-13-10-9-11-14-18)21(25)23-20(24)16-17-22-23/h9-11,13-14,16-17,19,22H,2-8,12,15H2,1H3. The molecule has 1 aromatic heterocycles. The van der Waals surface area contributed by atoms with Gasteiger partial charge in [-0.05, 0) is 12.0 Å². The summed E-state index contributed by atoms with van der Waals surface area (Å²) in [6, 6.07) is 11.2. The van der Waals surface area contributed by atoms with Crippen molar-refractivity contribution in [1.29, 1.82) is 0 Å². The summed E-state index contributed by atoms with van der Waals surface area (Å²) < 4.78 is 1.13. The summed E-state index contributed by atoms with van der Waals surface area (Å²) in [4.78, 5) is 24.6. The van der Waals surface area contributed by atoms with Gasteiger partial charge in [-0.25, -0.2) is 0 Å². The Morgan fingerprint density at radius 2 is 1.60 bits per heavy atom. The molecule has 0 aliphatic carbocycles. The zero-order chi connectivity index (χ0) is 17.9. The Morgan fingerprint density at radius 3 is 2.20 bits per heavy atom. The van der Waals surface area contributed by atoms with E-state index in [4.69, 9.17) is 0 Å². The summed E-state index contributed by atoms with van der Waals surface area (Å²) in [5.41, 5.74) is 0.693. The van der Waals surface area contributed by atoms with Crippen LogP contribution in [0.4, 0.5) is 0 Å². The van der Waals surface area contributed by atoms with Crippen molar-refractivity contribution in [3.63, 3.8) is 0 Å². The van der Waals surface area contributed by atoms with Crippen LogP contribution in [0.15, 0.2) is 47.4 Å². The van der Waals surface area contributed by atoms with Crippen LogP contribution in [0.1, 0.15) is 81.0 Å². The van der Waals surface area contributed by atoms with Crippen molar-refractivity contribution in [2.75, 3.05) is 0 Å². The first kappa shape index (κ1) is 19.2. The van der Waals surface area contributed by atoms with Crippen LogP contribution < -0.4 is 5.56 Å². The number of carbonyl (C=O) groups is 1. The van der Waals surface area contributed by atoms with Gasteiger partial charge >= 0.3 is 0 Å². The molecule has 25 heavy (non-hydrogen) atoms. The van der Waals surface area contributed by atoms with Crippen LogP contribution in [0.5, 0.6) is 0 Å². The van der Waals surface area contributed by atoms with E-state index >= 15 is 0 Å². The smallest absolute Gasteiger partial charge is 0.273 e. The minimum atomic E-state index is -0.290. The number of carbonyl (C=O) groups excluding carboxylic acids is 1. The van der Waals surface area contributed by atoms with Crippen molar-refractivity contribution in [1.82, 2.24) is 9.78 Å². The van der Waals surface area contributed by atoms with E-state index in [2.05, 4.69) is 12.0 Å². The second kappa shape index (κ2) is 10.7. The molecule has 1 N–H and O–H groups in total. The van der Waals surface area contributed by atoms with Gasteiger partial charge in [0.2, 0.25) is 0 Å². The van der Waals surface area contributed by atoms with Gasteiger partial charge in [-0.1, -0.05) is 88.6 Å². The van der Waals surface area contributed by atoms with Crippen molar-refractivity contribution in [3.05, 3.63) is 58.5 Å². The van der Waals surface area contributed by atoms with Crippen LogP contribution in [0.25, 0.3) is 0 Å². The molecule has 0 bridgehead atoms. The molecule has 0 fully saturated rings. The zero-order valence-corrected chi connectivity index (χ0v) is 15.2. The van der Waals surface area contributed by atoms with Crippen molar-refractivity contribution in [3.8, 4) is 0 Å². The van der Waals surface area contributed by atoms with Crippen LogP contribution in [-0.2, 0) is 0 Å². The molecule has 1 aromatic carbocycles. The summed E-state index contributed by atoms with van der Waals surface area (Å²) in [5.74, 6) is -0.429. The molecule has 0 amide bonds. The van der Waals surface area contributed by atoms with Crippen molar-refractivity contribution in [2.24, 2.45) is 0 Å². The molecule has 0 aliphatic rings. The molecule has 1 heterocycles. The van der Waals surface area contributed by atoms with Gasteiger partial charge in [0, 0.05) is 12.3 Å². The van der Waals surface area contributed by atoms with Crippen LogP contribution in [0.3, 0.4) is 0 Å². The Kier molecular flexibility index (Phi) is 8.23. The van der Waals surface area contributed by atoms with E-state index in [9.17, 15) is 9.59 Å². The van der Waals surface area contributed by atoms with E-state index in [-0.39, 0.29) is 17.4 Å². The Labute approximate surface area is 150 Å². The van der Waals surface area contributed by atoms with E-state index in [0.717, 1.165) is 29.5 Å². The predicted octanol–water partition coefficient (Wildman–Crippen LogP) is 5.13. The van der Waals surface area contributed by atoms with Gasteiger partial charge in [0.05, 0.1) is 5.92 Å². The molecule has 2 rings (SSSR count). The fourth-order valence-corrected chi connectivity index (χ4v) is 3.25. The fraction of sp³-hybridized carbons (Fsp3) is 0.524. The molecule has 4 heteroatoms. The van der Waals surface area contributed by atoms with Gasteiger partial charge in [0.1, 0.15) is 0 Å². The molecule has 0 aliphatic heterocycles. The van der Waals surface area contributed by atoms with E-state index in [1.807, 2.05) is 30.3 Å². The fourth-order valence-electron chi connectivity index (χ4n) is 3.25. The van der Waals surface area contributed by atoms with Crippen LogP contribution >= 0.6 is 0 Å². The highest BCUT2D eigenvalue weighted by atomic mass is 16.2. The summed E-state index contributed by atoms with van der Waals surface area (Å²) in [6.07, 6.45) is 12.2. The third-order valence-electron chi connectivity index (χ3n) is 4.72. The molecule has 0 saturated carbocycles. The Balaban J connectivity index is 1.89. The molecule has 2 aromatic rings. The van der Waals surface area contributed by atoms with Gasteiger partial charge in [0.15, 0.2) is 0 Å². The first-order valence-corrected chi connectivity index (χ1v) is 9.59. The molecule has 0 radical (unpaired) electrons. The molecule has 0 saturated heterocycles. The second-order valence-corrected chi connectivity index (χ2v) is 6.70. The molecular weight excluding hydrogens is 312 g/mol. The first-order valence-electron chi connectivity index (χ1n) is 9.59. The average Bonchev–Trinajstić information content (AvgIpc) is 3.07. The molecule has 136 valence electrons. The number of H-pyrrole nitrogens is 1. The highest BCUT2D eigenvalue weighted by Gasteiger charge is 2.23. The van der Waals surface area contributed by atoms with Crippen molar-refractivity contribution >= 4 is 5.91 Å². The minimum absolute atomic E-state index is 0.163. The maximum atomic E-state index is 12.8. The SMILES string of the molecule is CCCCCCCCCCC(C(=O)n1[nH]ccc1=O)c1ccccc1. The first-order chi connectivity index (χ1) is 12.2. The maximum Gasteiger partial charge on any atom is 0.273 e. The summed E-state index contributed by atoms with van der Waals surface area (Å²) in [6.45, 7) is 2.23. The third-order valence-corrected chi connectivity index (χ3v) is 4.72. The quantitative estimate of drug-likeness (QED) is 0.575. The molecule has 0 spiro atoms. The normalized spacial score (nSPS) is 12.2. The number of benzene rings is 1. The van der Waals surface area contributed by atoms with Gasteiger partial charge < -0.3 is 0 Å². The minimum Gasteiger partial charge on any atom is -0.296 e. The monoisotopic (exact) mass is 342 g/mol. The van der Waals surface area contributed by atoms with Crippen LogP contribution in [0, 0.1) is 0 Å². The lowest BCUT2D eigenvalue weighted by Gasteiger charge is -2.16. The Bertz CT molecular complexity index is 672. The maximum absolute atomic E-state index is 12.8. The van der Waals surface area contributed by atoms with E-state index in [1.165, 1.54) is 50.8 Å². The Hall–Kier alpha value is -2.10. The number of nitrogens with one attached hydrogen (secondary N) is 1. The average molecular weight is 342 g/mol. The zero-order valence-electron chi connectivity index (χ0n) is 15.2.